The van der Waals surface area contributed by atoms with E-state index in [1.165, 1.54) is 12.8 Å². The molecule has 1 rings (SSSR count). The highest BCUT2D eigenvalue weighted by molar-refractivity contribution is 5.84. The Balaban J connectivity index is 2.67. The van der Waals surface area contributed by atoms with E-state index >= 15 is 0 Å². The molecule has 0 spiro atoms. The summed E-state index contributed by atoms with van der Waals surface area (Å²) in [5, 5.41) is 3.45. The van der Waals surface area contributed by atoms with Crippen LogP contribution < -0.4 is 5.32 Å². The summed E-state index contributed by atoms with van der Waals surface area (Å²) in [5.41, 5.74) is 0. The lowest BCUT2D eigenvalue weighted by Crippen LogP contribution is -2.43. The van der Waals surface area contributed by atoms with Crippen LogP contribution in [-0.2, 0) is 4.79 Å². The van der Waals surface area contributed by atoms with Crippen LogP contribution in [0.3, 0.4) is 0 Å². The molecule has 0 aliphatic carbocycles. The fourth-order valence-electron chi connectivity index (χ4n) is 3.00. The van der Waals surface area contributed by atoms with Crippen LogP contribution in [0.25, 0.3) is 0 Å². The van der Waals surface area contributed by atoms with E-state index in [0.717, 1.165) is 32.1 Å². The van der Waals surface area contributed by atoms with E-state index in [9.17, 15) is 4.79 Å². The smallest absolute Gasteiger partial charge is 0.241 e. The van der Waals surface area contributed by atoms with Gasteiger partial charge in [0.2, 0.25) is 5.91 Å². The number of carbonyl (C=O) groups is 1. The third-order valence-corrected chi connectivity index (χ3v) is 3.90. The number of nitrogens with zero attached hydrogens (tertiary/aromatic N) is 1. The normalized spacial score (nSPS) is 25.8. The summed E-state index contributed by atoms with van der Waals surface area (Å²) in [7, 11) is 0. The molecule has 0 radical (unpaired) electrons. The molecule has 1 aliphatic heterocycles. The first-order valence-corrected chi connectivity index (χ1v) is 7.73. The van der Waals surface area contributed by atoms with Crippen molar-refractivity contribution in [3.8, 4) is 0 Å². The Morgan fingerprint density at radius 2 is 1.89 bits per heavy atom. The van der Waals surface area contributed by atoms with Crippen LogP contribution in [0.15, 0.2) is 0 Å². The SMILES string of the molecule is CCCCC(CCC)N1C(=O)C(CCC)NC1C. The number of unbranched alkanes of at least 4 members (excludes halogenated alkanes) is 1. The Bertz CT molecular complexity index is 255. The van der Waals surface area contributed by atoms with Gasteiger partial charge in [-0.15, -0.1) is 0 Å². The van der Waals surface area contributed by atoms with Gasteiger partial charge >= 0.3 is 0 Å². The second kappa shape index (κ2) is 7.78. The molecule has 1 heterocycles. The van der Waals surface area contributed by atoms with E-state index in [4.69, 9.17) is 0 Å². The maximum absolute atomic E-state index is 12.4. The van der Waals surface area contributed by atoms with Crippen LogP contribution in [-0.4, -0.2) is 29.1 Å². The zero-order valence-electron chi connectivity index (χ0n) is 12.5. The van der Waals surface area contributed by atoms with Gasteiger partial charge in [0.15, 0.2) is 0 Å². The summed E-state index contributed by atoms with van der Waals surface area (Å²) in [5.74, 6) is 0.332. The molecule has 1 saturated heterocycles. The first kappa shape index (κ1) is 15.5. The average molecular weight is 254 g/mol. The fraction of sp³-hybridized carbons (Fsp3) is 0.933. The summed E-state index contributed by atoms with van der Waals surface area (Å²) >= 11 is 0. The second-order valence-electron chi connectivity index (χ2n) is 5.51. The van der Waals surface area contributed by atoms with Gasteiger partial charge in [0, 0.05) is 6.04 Å². The summed E-state index contributed by atoms with van der Waals surface area (Å²) in [4.78, 5) is 14.6. The van der Waals surface area contributed by atoms with Crippen molar-refractivity contribution >= 4 is 5.91 Å². The minimum Gasteiger partial charge on any atom is -0.323 e. The van der Waals surface area contributed by atoms with Gasteiger partial charge in [-0.2, -0.15) is 0 Å². The Hall–Kier alpha value is -0.570. The van der Waals surface area contributed by atoms with Gasteiger partial charge in [0.25, 0.3) is 0 Å². The van der Waals surface area contributed by atoms with E-state index in [2.05, 4.69) is 37.9 Å². The molecular formula is C15H30N2O. The van der Waals surface area contributed by atoms with E-state index in [1.54, 1.807) is 0 Å². The molecule has 1 fully saturated rings. The maximum Gasteiger partial charge on any atom is 0.241 e. The predicted molar refractivity (Wildman–Crippen MR) is 76.4 cm³/mol. The van der Waals surface area contributed by atoms with Gasteiger partial charge in [0.1, 0.15) is 0 Å². The largest absolute Gasteiger partial charge is 0.323 e. The highest BCUT2D eigenvalue weighted by atomic mass is 16.2. The molecule has 0 aromatic carbocycles. The summed E-state index contributed by atoms with van der Waals surface area (Å²) in [6.07, 6.45) is 8.12. The Labute approximate surface area is 112 Å². The number of hydrogen-bond acceptors (Lipinski definition) is 2. The number of hydrogen-bond donors (Lipinski definition) is 1. The molecule has 3 heteroatoms. The van der Waals surface area contributed by atoms with Crippen LogP contribution in [0.1, 0.15) is 72.6 Å². The monoisotopic (exact) mass is 254 g/mol. The summed E-state index contributed by atoms with van der Waals surface area (Å²) in [6.45, 7) is 8.70. The lowest BCUT2D eigenvalue weighted by molar-refractivity contribution is -0.132. The molecular weight excluding hydrogens is 224 g/mol. The number of nitrogens with one attached hydrogen (secondary N) is 1. The lowest BCUT2D eigenvalue weighted by Gasteiger charge is -2.31. The van der Waals surface area contributed by atoms with Crippen LogP contribution in [0.5, 0.6) is 0 Å². The first-order valence-electron chi connectivity index (χ1n) is 7.73. The fourth-order valence-corrected chi connectivity index (χ4v) is 3.00. The van der Waals surface area contributed by atoms with Gasteiger partial charge < -0.3 is 4.90 Å². The third kappa shape index (κ3) is 3.71. The molecule has 0 bridgehead atoms. The first-order chi connectivity index (χ1) is 8.65. The van der Waals surface area contributed by atoms with E-state index < -0.39 is 0 Å². The van der Waals surface area contributed by atoms with Crippen molar-refractivity contribution in [1.82, 2.24) is 10.2 Å². The van der Waals surface area contributed by atoms with Gasteiger partial charge in [-0.25, -0.2) is 0 Å². The molecule has 1 amide bonds. The van der Waals surface area contributed by atoms with Crippen molar-refractivity contribution in [2.24, 2.45) is 0 Å². The van der Waals surface area contributed by atoms with Gasteiger partial charge in [-0.3, -0.25) is 10.1 Å². The van der Waals surface area contributed by atoms with Crippen molar-refractivity contribution in [3.63, 3.8) is 0 Å². The van der Waals surface area contributed by atoms with Crippen molar-refractivity contribution in [3.05, 3.63) is 0 Å². The van der Waals surface area contributed by atoms with E-state index in [-0.39, 0.29) is 12.2 Å². The molecule has 3 atom stereocenters. The second-order valence-corrected chi connectivity index (χ2v) is 5.51. The Morgan fingerprint density at radius 3 is 2.44 bits per heavy atom. The van der Waals surface area contributed by atoms with Gasteiger partial charge in [0.05, 0.1) is 12.2 Å². The van der Waals surface area contributed by atoms with Crippen LogP contribution in [0.2, 0.25) is 0 Å². The van der Waals surface area contributed by atoms with Crippen LogP contribution >= 0.6 is 0 Å². The number of amides is 1. The zero-order chi connectivity index (χ0) is 13.5. The molecule has 1 N–H and O–H groups in total. The van der Waals surface area contributed by atoms with Crippen LogP contribution in [0.4, 0.5) is 0 Å². The van der Waals surface area contributed by atoms with E-state index in [0.29, 0.717) is 11.9 Å². The molecule has 3 nitrogen and oxygen atoms in total. The van der Waals surface area contributed by atoms with Gasteiger partial charge in [-0.1, -0.05) is 46.5 Å². The predicted octanol–water partition coefficient (Wildman–Crippen LogP) is 3.29. The minimum atomic E-state index is 0.0611. The molecule has 18 heavy (non-hydrogen) atoms. The number of rotatable bonds is 8. The summed E-state index contributed by atoms with van der Waals surface area (Å²) in [6, 6.07) is 0.498. The highest BCUT2D eigenvalue weighted by Gasteiger charge is 2.38. The maximum atomic E-state index is 12.4. The Kier molecular flexibility index (Phi) is 6.69. The van der Waals surface area contributed by atoms with Crippen molar-refractivity contribution < 1.29 is 4.79 Å². The quantitative estimate of drug-likeness (QED) is 0.721. The zero-order valence-corrected chi connectivity index (χ0v) is 12.5. The van der Waals surface area contributed by atoms with Gasteiger partial charge in [-0.05, 0) is 26.2 Å². The Morgan fingerprint density at radius 1 is 1.17 bits per heavy atom. The molecule has 1 aliphatic rings. The molecule has 106 valence electrons. The molecule has 0 aromatic rings. The standard InChI is InChI=1S/C15H30N2O/c1-5-8-11-13(9-6-2)17-12(4)16-14(10-7-3)15(17)18/h12-14,16H,5-11H2,1-4H3. The number of carbonyl (C=O) groups excluding carboxylic acids is 1. The highest BCUT2D eigenvalue weighted by Crippen LogP contribution is 2.23. The minimum absolute atomic E-state index is 0.0611. The van der Waals surface area contributed by atoms with Crippen LogP contribution in [0, 0.1) is 0 Å². The molecule has 0 aromatic heterocycles. The lowest BCUT2D eigenvalue weighted by atomic mass is 10.0. The molecule has 0 saturated carbocycles. The van der Waals surface area contributed by atoms with E-state index in [1.807, 2.05) is 0 Å². The van der Waals surface area contributed by atoms with Crippen molar-refractivity contribution in [1.29, 1.82) is 0 Å². The topological polar surface area (TPSA) is 32.3 Å². The molecule has 3 unspecified atom stereocenters. The van der Waals surface area contributed by atoms with Crippen molar-refractivity contribution in [2.45, 2.75) is 90.9 Å². The van der Waals surface area contributed by atoms with Crippen molar-refractivity contribution in [2.75, 3.05) is 0 Å². The average Bonchev–Trinajstić information content (AvgIpc) is 2.61. The summed E-state index contributed by atoms with van der Waals surface area (Å²) < 4.78 is 0. The third-order valence-electron chi connectivity index (χ3n) is 3.90.